The minimum atomic E-state index is -0.0108. The Morgan fingerprint density at radius 3 is 2.61 bits per heavy atom. The quantitative estimate of drug-likeness (QED) is 0.630. The molecule has 0 amide bonds. The molecule has 0 saturated heterocycles. The Kier molecular flexibility index (Phi) is 4.44. The predicted molar refractivity (Wildman–Crippen MR) is 87.0 cm³/mol. The first kappa shape index (κ1) is 14.9. The van der Waals surface area contributed by atoms with Gasteiger partial charge in [0.2, 0.25) is 5.95 Å². The topological polar surface area (TPSA) is 105 Å². The molecule has 0 bridgehead atoms. The Balaban J connectivity index is 1.96. The number of fused-ring (bicyclic) bond motifs is 1. The van der Waals surface area contributed by atoms with Crippen molar-refractivity contribution in [2.45, 2.75) is 0 Å². The Labute approximate surface area is 132 Å². The summed E-state index contributed by atoms with van der Waals surface area (Å²) >= 11 is 0. The molecular weight excluding hydrogens is 296 g/mol. The number of ether oxygens (including phenoxy) is 1. The Bertz CT molecular complexity index is 794. The summed E-state index contributed by atoms with van der Waals surface area (Å²) in [6, 6.07) is 7.46. The van der Waals surface area contributed by atoms with Crippen molar-refractivity contribution in [3.63, 3.8) is 0 Å². The van der Waals surface area contributed by atoms with Gasteiger partial charge in [0, 0.05) is 24.6 Å². The second kappa shape index (κ2) is 6.84. The Morgan fingerprint density at radius 2 is 1.87 bits per heavy atom. The lowest BCUT2D eigenvalue weighted by atomic mass is 10.3. The molecule has 3 rings (SSSR count). The van der Waals surface area contributed by atoms with Crippen LogP contribution < -0.4 is 15.4 Å². The number of nitrogens with one attached hydrogen (secondary N) is 2. The van der Waals surface area contributed by atoms with E-state index < -0.39 is 0 Å². The lowest BCUT2D eigenvalue weighted by Crippen LogP contribution is -2.10. The molecule has 23 heavy (non-hydrogen) atoms. The van der Waals surface area contributed by atoms with Gasteiger partial charge in [0.1, 0.15) is 5.75 Å². The molecule has 0 saturated carbocycles. The zero-order chi connectivity index (χ0) is 16.1. The molecule has 0 spiro atoms. The van der Waals surface area contributed by atoms with Crippen molar-refractivity contribution >= 4 is 28.6 Å². The van der Waals surface area contributed by atoms with Crippen LogP contribution in [0.1, 0.15) is 0 Å². The molecule has 2 heterocycles. The van der Waals surface area contributed by atoms with E-state index in [0.29, 0.717) is 29.5 Å². The van der Waals surface area contributed by atoms with E-state index in [2.05, 4.69) is 30.6 Å². The molecule has 0 radical (unpaired) electrons. The van der Waals surface area contributed by atoms with E-state index in [9.17, 15) is 0 Å². The summed E-state index contributed by atoms with van der Waals surface area (Å²) in [5, 5.41) is 15.1. The second-order valence-electron chi connectivity index (χ2n) is 4.63. The fourth-order valence-corrected chi connectivity index (χ4v) is 2.01. The normalized spacial score (nSPS) is 10.5. The summed E-state index contributed by atoms with van der Waals surface area (Å²) < 4.78 is 5.14. The molecule has 3 N–H and O–H groups in total. The third kappa shape index (κ3) is 3.43. The molecule has 8 nitrogen and oxygen atoms in total. The monoisotopic (exact) mass is 312 g/mol. The van der Waals surface area contributed by atoms with Crippen molar-refractivity contribution in [3.05, 3.63) is 36.7 Å². The molecule has 0 unspecified atom stereocenters. The van der Waals surface area contributed by atoms with Crippen LogP contribution in [-0.2, 0) is 0 Å². The van der Waals surface area contributed by atoms with E-state index in [1.165, 1.54) is 0 Å². The largest absolute Gasteiger partial charge is 0.497 e. The van der Waals surface area contributed by atoms with Gasteiger partial charge in [0.25, 0.3) is 0 Å². The van der Waals surface area contributed by atoms with E-state index in [4.69, 9.17) is 9.84 Å². The molecule has 0 aliphatic rings. The lowest BCUT2D eigenvalue weighted by Gasteiger charge is -2.10. The first-order chi connectivity index (χ1) is 11.3. The highest BCUT2D eigenvalue weighted by atomic mass is 16.5. The van der Waals surface area contributed by atoms with Gasteiger partial charge < -0.3 is 20.5 Å². The highest BCUT2D eigenvalue weighted by molar-refractivity contribution is 5.85. The van der Waals surface area contributed by atoms with Gasteiger partial charge in [-0.3, -0.25) is 0 Å². The number of rotatable bonds is 6. The Morgan fingerprint density at radius 1 is 1.09 bits per heavy atom. The smallest absolute Gasteiger partial charge is 0.226 e. The summed E-state index contributed by atoms with van der Waals surface area (Å²) in [5.41, 5.74) is 1.88. The zero-order valence-corrected chi connectivity index (χ0v) is 12.5. The van der Waals surface area contributed by atoms with Gasteiger partial charge in [0.05, 0.1) is 13.7 Å². The van der Waals surface area contributed by atoms with Crippen molar-refractivity contribution < 1.29 is 9.84 Å². The third-order valence-corrected chi connectivity index (χ3v) is 3.08. The number of benzene rings is 1. The maximum atomic E-state index is 8.92. The fraction of sp³-hybridized carbons (Fsp3) is 0.200. The van der Waals surface area contributed by atoms with E-state index >= 15 is 0 Å². The van der Waals surface area contributed by atoms with Crippen LogP contribution in [-0.4, -0.2) is 45.3 Å². The molecule has 8 heteroatoms. The molecule has 3 aromatic rings. The van der Waals surface area contributed by atoms with E-state index in [1.807, 2.05) is 24.3 Å². The van der Waals surface area contributed by atoms with Crippen molar-refractivity contribution in [2.24, 2.45) is 0 Å². The average Bonchev–Trinajstić information content (AvgIpc) is 2.60. The first-order valence-corrected chi connectivity index (χ1v) is 7.04. The van der Waals surface area contributed by atoms with Crippen molar-refractivity contribution in [1.29, 1.82) is 0 Å². The molecule has 1 aromatic carbocycles. The average molecular weight is 312 g/mol. The van der Waals surface area contributed by atoms with Crippen molar-refractivity contribution in [3.8, 4) is 5.75 Å². The van der Waals surface area contributed by atoms with Crippen LogP contribution in [0.4, 0.5) is 17.5 Å². The SMILES string of the molecule is COc1ccc(Nc2nc(NCCO)nc3nccnc23)cc1. The molecule has 0 aliphatic heterocycles. The molecule has 0 aliphatic carbocycles. The Hall–Kier alpha value is -3.00. The van der Waals surface area contributed by atoms with Gasteiger partial charge in [-0.2, -0.15) is 9.97 Å². The van der Waals surface area contributed by atoms with Gasteiger partial charge in [-0.25, -0.2) is 9.97 Å². The van der Waals surface area contributed by atoms with E-state index in [1.54, 1.807) is 19.5 Å². The van der Waals surface area contributed by atoms with E-state index in [-0.39, 0.29) is 6.61 Å². The number of aliphatic hydroxyl groups excluding tert-OH is 1. The number of hydrogen-bond donors (Lipinski definition) is 3. The summed E-state index contributed by atoms with van der Waals surface area (Å²) in [5.74, 6) is 1.69. The number of hydrogen-bond acceptors (Lipinski definition) is 8. The molecular formula is C15H16N6O2. The van der Waals surface area contributed by atoms with Crippen molar-refractivity contribution in [1.82, 2.24) is 19.9 Å². The number of nitrogens with zero attached hydrogens (tertiary/aromatic N) is 4. The highest BCUT2D eigenvalue weighted by Gasteiger charge is 2.10. The maximum Gasteiger partial charge on any atom is 0.226 e. The molecule has 0 atom stereocenters. The van der Waals surface area contributed by atoms with Gasteiger partial charge >= 0.3 is 0 Å². The van der Waals surface area contributed by atoms with Crippen molar-refractivity contribution in [2.75, 3.05) is 30.9 Å². The van der Waals surface area contributed by atoms with Gasteiger partial charge in [-0.1, -0.05) is 0 Å². The van der Waals surface area contributed by atoms with Crippen LogP contribution in [0.3, 0.4) is 0 Å². The summed E-state index contributed by atoms with van der Waals surface area (Å²) in [4.78, 5) is 17.2. The van der Waals surface area contributed by atoms with Crippen LogP contribution in [0.2, 0.25) is 0 Å². The minimum Gasteiger partial charge on any atom is -0.497 e. The van der Waals surface area contributed by atoms with Crippen LogP contribution in [0.25, 0.3) is 11.2 Å². The molecule has 2 aromatic heterocycles. The second-order valence-corrected chi connectivity index (χ2v) is 4.63. The van der Waals surface area contributed by atoms with Crippen LogP contribution in [0.15, 0.2) is 36.7 Å². The standard InChI is InChI=1S/C15H16N6O2/c1-23-11-4-2-10(3-5-11)19-14-12-13(17-7-6-16-12)20-15(21-14)18-8-9-22/h2-7,22H,8-9H2,1H3,(H2,17,18,19,20,21). The van der Waals surface area contributed by atoms with Crippen LogP contribution in [0.5, 0.6) is 5.75 Å². The summed E-state index contributed by atoms with van der Waals surface area (Å²) in [7, 11) is 1.62. The van der Waals surface area contributed by atoms with Gasteiger partial charge in [-0.15, -0.1) is 0 Å². The zero-order valence-electron chi connectivity index (χ0n) is 12.5. The minimum absolute atomic E-state index is 0.0108. The van der Waals surface area contributed by atoms with Gasteiger partial charge in [0.15, 0.2) is 17.0 Å². The third-order valence-electron chi connectivity index (χ3n) is 3.08. The fourth-order valence-electron chi connectivity index (χ4n) is 2.01. The molecule has 118 valence electrons. The summed E-state index contributed by atoms with van der Waals surface area (Å²) in [6.45, 7) is 0.344. The number of aromatic nitrogens is 4. The first-order valence-electron chi connectivity index (χ1n) is 7.04. The predicted octanol–water partition coefficient (Wildman–Crippen LogP) is 1.58. The number of methoxy groups -OCH3 is 1. The molecule has 0 fully saturated rings. The van der Waals surface area contributed by atoms with Crippen LogP contribution >= 0.6 is 0 Å². The number of anilines is 3. The maximum absolute atomic E-state index is 8.92. The highest BCUT2D eigenvalue weighted by Crippen LogP contribution is 2.23. The number of aliphatic hydroxyl groups is 1. The van der Waals surface area contributed by atoms with E-state index in [0.717, 1.165) is 11.4 Å². The van der Waals surface area contributed by atoms with Crippen LogP contribution in [0, 0.1) is 0 Å². The lowest BCUT2D eigenvalue weighted by molar-refractivity contribution is 0.311. The van der Waals surface area contributed by atoms with Gasteiger partial charge in [-0.05, 0) is 24.3 Å². The summed E-state index contributed by atoms with van der Waals surface area (Å²) in [6.07, 6.45) is 3.16.